The molecule has 166 valence electrons. The number of Topliss-reactive ketones (excluding diaryl/α,β-unsaturated/α-hetero) is 1. The third-order valence-electron chi connectivity index (χ3n) is 7.64. The second kappa shape index (κ2) is 8.69. The number of benzene rings is 2. The Hall–Kier alpha value is -2.68. The summed E-state index contributed by atoms with van der Waals surface area (Å²) in [6.07, 6.45) is 11.3. The maximum Gasteiger partial charge on any atom is 0.192 e. The fraction of sp³-hybridized carbons (Fsp3) is 0.448. The average molecular weight is 429 g/mol. The molecule has 32 heavy (non-hydrogen) atoms. The Balaban J connectivity index is 1.64. The highest BCUT2D eigenvalue weighted by molar-refractivity contribution is 6.05. The van der Waals surface area contributed by atoms with Gasteiger partial charge in [0.15, 0.2) is 11.2 Å². The molecule has 1 unspecified atom stereocenters. The van der Waals surface area contributed by atoms with Gasteiger partial charge in [0.25, 0.3) is 0 Å². The minimum absolute atomic E-state index is 0.00710. The molecule has 3 aromatic rings. The molecular formula is C29H32O3. The highest BCUT2D eigenvalue weighted by Gasteiger charge is 2.33. The predicted octanol–water partition coefficient (Wildman–Crippen LogP) is 7.23. The fourth-order valence-electron chi connectivity index (χ4n) is 6.16. The van der Waals surface area contributed by atoms with Gasteiger partial charge in [0, 0.05) is 23.6 Å². The van der Waals surface area contributed by atoms with E-state index in [9.17, 15) is 9.59 Å². The second-order valence-electron chi connectivity index (χ2n) is 9.66. The molecule has 3 nitrogen and oxygen atoms in total. The van der Waals surface area contributed by atoms with Crippen LogP contribution < -0.4 is 5.43 Å². The number of carbonyl (C=O) groups is 1. The highest BCUT2D eigenvalue weighted by Crippen LogP contribution is 2.48. The number of hydrogen-bond acceptors (Lipinski definition) is 3. The molecule has 1 aromatic heterocycles. The van der Waals surface area contributed by atoms with Crippen molar-refractivity contribution in [3.05, 3.63) is 69.1 Å². The summed E-state index contributed by atoms with van der Waals surface area (Å²) in [5.74, 6) is 1.43. The van der Waals surface area contributed by atoms with E-state index in [0.29, 0.717) is 23.3 Å². The van der Waals surface area contributed by atoms with Gasteiger partial charge in [-0.1, -0.05) is 57.7 Å². The maximum atomic E-state index is 12.6. The highest BCUT2D eigenvalue weighted by atomic mass is 16.3. The summed E-state index contributed by atoms with van der Waals surface area (Å²) in [6.45, 7) is 4.57. The van der Waals surface area contributed by atoms with Crippen LogP contribution in [0.2, 0.25) is 0 Å². The summed E-state index contributed by atoms with van der Waals surface area (Å²) in [6, 6.07) is 9.79. The summed E-state index contributed by atoms with van der Waals surface area (Å²) in [7, 11) is 0. The van der Waals surface area contributed by atoms with E-state index >= 15 is 0 Å². The zero-order chi connectivity index (χ0) is 22.2. The summed E-state index contributed by atoms with van der Waals surface area (Å²) in [5, 5.41) is 0.634. The van der Waals surface area contributed by atoms with E-state index in [1.165, 1.54) is 61.1 Å². The quantitative estimate of drug-likeness (QED) is 0.399. The molecule has 0 saturated carbocycles. The number of hydrogen-bond donors (Lipinski definition) is 0. The Morgan fingerprint density at radius 1 is 0.938 bits per heavy atom. The molecular weight excluding hydrogens is 396 g/mol. The van der Waals surface area contributed by atoms with Crippen molar-refractivity contribution in [1.29, 1.82) is 0 Å². The molecule has 0 bridgehead atoms. The predicted molar refractivity (Wildman–Crippen MR) is 130 cm³/mol. The topological polar surface area (TPSA) is 47.3 Å². The molecule has 0 radical (unpaired) electrons. The SMILES string of the molecule is CCCC(CCC)CCC1Cc2ccc3c(c2-c2c1ccc1c(=O)ccoc21)CCC3=O. The van der Waals surface area contributed by atoms with Crippen LogP contribution in [0, 0.1) is 5.92 Å². The number of ketones is 1. The summed E-state index contributed by atoms with van der Waals surface area (Å²) < 4.78 is 6.00. The first-order valence-corrected chi connectivity index (χ1v) is 12.3. The van der Waals surface area contributed by atoms with Gasteiger partial charge in [0.2, 0.25) is 0 Å². The second-order valence-corrected chi connectivity index (χ2v) is 9.66. The minimum Gasteiger partial charge on any atom is -0.463 e. The van der Waals surface area contributed by atoms with E-state index < -0.39 is 0 Å². The van der Waals surface area contributed by atoms with Gasteiger partial charge in [-0.15, -0.1) is 0 Å². The standard InChI is InChI=1S/C29H32O3/c1-3-5-18(6-4-2)7-8-19-17-20-9-10-22-23(13-14-25(22)30)27(20)28-21(19)11-12-24-26(31)15-16-32-29(24)28/h9-12,15-16,18-19H,3-8,13-14,17H2,1-2H3. The zero-order valence-corrected chi connectivity index (χ0v) is 19.2. The summed E-state index contributed by atoms with van der Waals surface area (Å²) in [5.41, 5.74) is 7.52. The lowest BCUT2D eigenvalue weighted by Crippen LogP contribution is -2.16. The number of rotatable bonds is 7. The lowest BCUT2D eigenvalue weighted by atomic mass is 9.73. The average Bonchev–Trinajstić information content (AvgIpc) is 3.18. The lowest BCUT2D eigenvalue weighted by Gasteiger charge is -2.31. The summed E-state index contributed by atoms with van der Waals surface area (Å²) in [4.78, 5) is 25.1. The molecule has 2 aliphatic rings. The van der Waals surface area contributed by atoms with E-state index in [-0.39, 0.29) is 11.2 Å². The molecule has 2 aromatic carbocycles. The first kappa shape index (κ1) is 21.2. The molecule has 0 amide bonds. The van der Waals surface area contributed by atoms with Crippen LogP contribution >= 0.6 is 0 Å². The largest absolute Gasteiger partial charge is 0.463 e. The van der Waals surface area contributed by atoms with Crippen LogP contribution in [-0.4, -0.2) is 5.78 Å². The Kier molecular flexibility index (Phi) is 5.75. The van der Waals surface area contributed by atoms with E-state index in [1.54, 1.807) is 0 Å². The van der Waals surface area contributed by atoms with Crippen molar-refractivity contribution in [3.63, 3.8) is 0 Å². The fourth-order valence-corrected chi connectivity index (χ4v) is 6.16. The molecule has 3 heteroatoms. The molecule has 0 aliphatic heterocycles. The Bertz CT molecular complexity index is 1230. The van der Waals surface area contributed by atoms with E-state index in [1.807, 2.05) is 12.1 Å². The number of fused-ring (bicyclic) bond motifs is 7. The van der Waals surface area contributed by atoms with Gasteiger partial charge < -0.3 is 4.42 Å². The van der Waals surface area contributed by atoms with E-state index in [4.69, 9.17) is 4.42 Å². The van der Waals surface area contributed by atoms with Crippen LogP contribution in [0.25, 0.3) is 22.1 Å². The van der Waals surface area contributed by atoms with Crippen LogP contribution in [0.4, 0.5) is 0 Å². The lowest BCUT2D eigenvalue weighted by molar-refractivity contribution is 0.0994. The Labute approximate surface area is 189 Å². The van der Waals surface area contributed by atoms with Crippen molar-refractivity contribution in [2.45, 2.75) is 77.6 Å². The normalized spacial score (nSPS) is 17.0. The van der Waals surface area contributed by atoms with Gasteiger partial charge in [0.05, 0.1) is 11.6 Å². The number of carbonyl (C=O) groups excluding carboxylic acids is 1. The molecule has 5 rings (SSSR count). The molecule has 2 aliphatic carbocycles. The van der Waals surface area contributed by atoms with Crippen molar-refractivity contribution < 1.29 is 9.21 Å². The maximum absolute atomic E-state index is 12.6. The van der Waals surface area contributed by atoms with Gasteiger partial charge in [-0.25, -0.2) is 0 Å². The summed E-state index contributed by atoms with van der Waals surface area (Å²) >= 11 is 0. The molecule has 0 N–H and O–H groups in total. The monoisotopic (exact) mass is 428 g/mol. The van der Waals surface area contributed by atoms with Crippen LogP contribution in [0.15, 0.2) is 45.8 Å². The molecule has 1 atom stereocenters. The van der Waals surface area contributed by atoms with Crippen LogP contribution in [0.1, 0.15) is 91.8 Å². The van der Waals surface area contributed by atoms with Crippen LogP contribution in [-0.2, 0) is 12.8 Å². The van der Waals surface area contributed by atoms with E-state index in [0.717, 1.165) is 41.9 Å². The van der Waals surface area contributed by atoms with Crippen molar-refractivity contribution in [3.8, 4) is 11.1 Å². The smallest absolute Gasteiger partial charge is 0.192 e. The molecule has 1 heterocycles. The third-order valence-corrected chi connectivity index (χ3v) is 7.64. The van der Waals surface area contributed by atoms with Gasteiger partial charge >= 0.3 is 0 Å². The first-order valence-electron chi connectivity index (χ1n) is 12.3. The molecule has 0 fully saturated rings. The van der Waals surface area contributed by atoms with Crippen LogP contribution in [0.5, 0.6) is 0 Å². The first-order chi connectivity index (χ1) is 15.6. The van der Waals surface area contributed by atoms with Gasteiger partial charge in [-0.05, 0) is 65.8 Å². The Morgan fingerprint density at radius 3 is 2.53 bits per heavy atom. The zero-order valence-electron chi connectivity index (χ0n) is 19.2. The third kappa shape index (κ3) is 3.52. The van der Waals surface area contributed by atoms with Crippen molar-refractivity contribution >= 4 is 16.8 Å². The minimum atomic E-state index is -0.00710. The van der Waals surface area contributed by atoms with Crippen molar-refractivity contribution in [2.75, 3.05) is 0 Å². The van der Waals surface area contributed by atoms with Gasteiger partial charge in [-0.2, -0.15) is 0 Å². The van der Waals surface area contributed by atoms with E-state index in [2.05, 4.69) is 26.0 Å². The molecule has 0 saturated heterocycles. The van der Waals surface area contributed by atoms with Gasteiger partial charge in [-0.3, -0.25) is 9.59 Å². The van der Waals surface area contributed by atoms with Crippen LogP contribution in [0.3, 0.4) is 0 Å². The van der Waals surface area contributed by atoms with Crippen molar-refractivity contribution in [2.24, 2.45) is 5.92 Å². The molecule has 0 spiro atoms. The Morgan fingerprint density at radius 2 is 1.75 bits per heavy atom. The van der Waals surface area contributed by atoms with Gasteiger partial charge in [0.1, 0.15) is 5.58 Å². The van der Waals surface area contributed by atoms with Crippen molar-refractivity contribution in [1.82, 2.24) is 0 Å².